The Hall–Kier alpha value is -1.11. The standard InChI is InChI=1S/C25H35N.C2H6/c1-17(19-7-5-15-26-16-19)20-9-11-24-22(20)10-12-23-21-8-4-3-6-18(21)13-14-25(23,24)2;1-2/h5,7,13,15-17,20-24H,3-4,6,8-12,14H2,1-2H3;1-2H3. The highest BCUT2D eigenvalue weighted by Crippen LogP contribution is 2.65. The molecule has 1 aromatic heterocycles. The van der Waals surface area contributed by atoms with E-state index in [0.29, 0.717) is 11.3 Å². The molecule has 1 aromatic rings. The normalized spacial score (nSPS) is 40.1. The van der Waals surface area contributed by atoms with Gasteiger partial charge in [0.2, 0.25) is 0 Å². The second-order valence-electron chi connectivity index (χ2n) is 10.1. The van der Waals surface area contributed by atoms with E-state index < -0.39 is 0 Å². The van der Waals surface area contributed by atoms with E-state index in [1.165, 1.54) is 63.4 Å². The average Bonchev–Trinajstić information content (AvgIpc) is 3.20. The van der Waals surface area contributed by atoms with E-state index in [9.17, 15) is 0 Å². The summed E-state index contributed by atoms with van der Waals surface area (Å²) in [5.41, 5.74) is 3.90. The van der Waals surface area contributed by atoms with Crippen LogP contribution >= 0.6 is 0 Å². The van der Waals surface area contributed by atoms with Crippen LogP contribution in [0.4, 0.5) is 0 Å². The van der Waals surface area contributed by atoms with Gasteiger partial charge in [0, 0.05) is 12.4 Å². The molecule has 0 N–H and O–H groups in total. The highest BCUT2D eigenvalue weighted by molar-refractivity contribution is 5.22. The molecule has 0 bridgehead atoms. The fraction of sp³-hybridized carbons (Fsp3) is 0.741. The van der Waals surface area contributed by atoms with Crippen molar-refractivity contribution in [1.29, 1.82) is 0 Å². The maximum atomic E-state index is 4.40. The van der Waals surface area contributed by atoms with Gasteiger partial charge in [-0.25, -0.2) is 0 Å². The average molecular weight is 380 g/mol. The number of rotatable bonds is 2. The molecule has 0 aliphatic heterocycles. The van der Waals surface area contributed by atoms with Gasteiger partial charge in [0.25, 0.3) is 0 Å². The van der Waals surface area contributed by atoms with Gasteiger partial charge < -0.3 is 0 Å². The Balaban J connectivity index is 0.000000932. The molecule has 154 valence electrons. The summed E-state index contributed by atoms with van der Waals surface area (Å²) in [6.45, 7) is 9.16. The van der Waals surface area contributed by atoms with E-state index in [1.807, 2.05) is 25.6 Å². The van der Waals surface area contributed by atoms with Crippen LogP contribution in [0.25, 0.3) is 0 Å². The summed E-state index contributed by atoms with van der Waals surface area (Å²) in [5, 5.41) is 0. The summed E-state index contributed by atoms with van der Waals surface area (Å²) < 4.78 is 0. The molecule has 4 aliphatic carbocycles. The summed E-state index contributed by atoms with van der Waals surface area (Å²) in [5.74, 6) is 5.38. The van der Waals surface area contributed by atoms with E-state index in [4.69, 9.17) is 0 Å². The highest BCUT2D eigenvalue weighted by Gasteiger charge is 2.56. The Labute approximate surface area is 173 Å². The molecule has 0 saturated heterocycles. The van der Waals surface area contributed by atoms with Crippen LogP contribution in [0.5, 0.6) is 0 Å². The third-order valence-corrected chi connectivity index (χ3v) is 9.23. The lowest BCUT2D eigenvalue weighted by Gasteiger charge is -2.56. The van der Waals surface area contributed by atoms with Crippen molar-refractivity contribution < 1.29 is 0 Å². The minimum absolute atomic E-state index is 0.581. The monoisotopic (exact) mass is 379 g/mol. The smallest absolute Gasteiger partial charge is 0.0302 e. The van der Waals surface area contributed by atoms with Crippen LogP contribution in [0, 0.1) is 35.0 Å². The largest absolute Gasteiger partial charge is 0.264 e. The second kappa shape index (κ2) is 8.33. The topological polar surface area (TPSA) is 12.9 Å². The molecule has 7 unspecified atom stereocenters. The number of pyridine rings is 1. The van der Waals surface area contributed by atoms with Crippen molar-refractivity contribution in [1.82, 2.24) is 4.98 Å². The third-order valence-electron chi connectivity index (χ3n) is 9.23. The minimum atomic E-state index is 0.581. The first-order valence-corrected chi connectivity index (χ1v) is 12.3. The van der Waals surface area contributed by atoms with Crippen LogP contribution in [0.2, 0.25) is 0 Å². The fourth-order valence-electron chi connectivity index (χ4n) is 7.91. The first kappa shape index (κ1) is 20.2. The molecule has 0 aromatic carbocycles. The molecule has 7 atom stereocenters. The van der Waals surface area contributed by atoms with Crippen LogP contribution in [0.1, 0.15) is 97.0 Å². The Morgan fingerprint density at radius 1 is 1.04 bits per heavy atom. The van der Waals surface area contributed by atoms with Gasteiger partial charge in [-0.05, 0) is 104 Å². The van der Waals surface area contributed by atoms with Crippen LogP contribution in [-0.2, 0) is 0 Å². The maximum absolute atomic E-state index is 4.40. The lowest BCUT2D eigenvalue weighted by Crippen LogP contribution is -2.48. The third kappa shape index (κ3) is 3.27. The van der Waals surface area contributed by atoms with Crippen LogP contribution in [0.3, 0.4) is 0 Å². The van der Waals surface area contributed by atoms with Crippen LogP contribution < -0.4 is 0 Å². The molecule has 0 radical (unpaired) electrons. The Bertz CT molecular complexity index is 677. The Morgan fingerprint density at radius 3 is 2.64 bits per heavy atom. The van der Waals surface area contributed by atoms with Gasteiger partial charge >= 0.3 is 0 Å². The van der Waals surface area contributed by atoms with Crippen molar-refractivity contribution in [2.24, 2.45) is 35.0 Å². The van der Waals surface area contributed by atoms with Crippen LogP contribution in [0.15, 0.2) is 36.2 Å². The molecule has 3 fully saturated rings. The van der Waals surface area contributed by atoms with E-state index in [2.05, 4.69) is 43.2 Å². The number of hydrogen-bond donors (Lipinski definition) is 0. The Morgan fingerprint density at radius 2 is 1.86 bits per heavy atom. The van der Waals surface area contributed by atoms with Crippen molar-refractivity contribution in [2.75, 3.05) is 0 Å². The molecule has 3 saturated carbocycles. The molecule has 1 heteroatoms. The minimum Gasteiger partial charge on any atom is -0.264 e. The molecule has 1 heterocycles. The van der Waals surface area contributed by atoms with Gasteiger partial charge in [0.15, 0.2) is 0 Å². The Kier molecular flexibility index (Phi) is 6.00. The van der Waals surface area contributed by atoms with Gasteiger partial charge in [-0.3, -0.25) is 4.98 Å². The molecule has 4 aliphatic rings. The van der Waals surface area contributed by atoms with Crippen molar-refractivity contribution in [2.45, 2.75) is 91.4 Å². The van der Waals surface area contributed by atoms with E-state index in [-0.39, 0.29) is 0 Å². The summed E-state index contributed by atoms with van der Waals surface area (Å²) in [7, 11) is 0. The van der Waals surface area contributed by atoms with Gasteiger partial charge in [0.05, 0.1) is 0 Å². The summed E-state index contributed by atoms with van der Waals surface area (Å²) in [6.07, 6.45) is 19.8. The summed E-state index contributed by atoms with van der Waals surface area (Å²) in [6, 6.07) is 4.42. The highest BCUT2D eigenvalue weighted by atomic mass is 14.6. The zero-order valence-corrected chi connectivity index (χ0v) is 18.7. The molecule has 5 rings (SSSR count). The fourth-order valence-corrected chi connectivity index (χ4v) is 7.91. The van der Waals surface area contributed by atoms with E-state index >= 15 is 0 Å². The summed E-state index contributed by atoms with van der Waals surface area (Å²) >= 11 is 0. The van der Waals surface area contributed by atoms with E-state index in [1.54, 1.807) is 0 Å². The lowest BCUT2D eigenvalue weighted by molar-refractivity contribution is -0.0331. The maximum Gasteiger partial charge on any atom is 0.0302 e. The van der Waals surface area contributed by atoms with Crippen molar-refractivity contribution in [3.8, 4) is 0 Å². The second-order valence-corrected chi connectivity index (χ2v) is 10.1. The van der Waals surface area contributed by atoms with Gasteiger partial charge in [-0.1, -0.05) is 51.8 Å². The predicted molar refractivity (Wildman–Crippen MR) is 119 cm³/mol. The molecule has 0 spiro atoms. The summed E-state index contributed by atoms with van der Waals surface area (Å²) in [4.78, 5) is 4.40. The number of aromatic nitrogens is 1. The number of nitrogens with zero attached hydrogens (tertiary/aromatic N) is 1. The molecular formula is C27H41N. The van der Waals surface area contributed by atoms with Crippen molar-refractivity contribution in [3.05, 3.63) is 41.7 Å². The number of allylic oxidation sites excluding steroid dienone is 2. The molecule has 0 amide bonds. The van der Waals surface area contributed by atoms with Gasteiger partial charge in [-0.2, -0.15) is 0 Å². The van der Waals surface area contributed by atoms with E-state index in [0.717, 1.165) is 29.6 Å². The molecule has 1 nitrogen and oxygen atoms in total. The molecular weight excluding hydrogens is 338 g/mol. The molecule has 28 heavy (non-hydrogen) atoms. The predicted octanol–water partition coefficient (Wildman–Crippen LogP) is 7.79. The zero-order valence-electron chi connectivity index (χ0n) is 18.7. The lowest BCUT2D eigenvalue weighted by atomic mass is 9.49. The first-order valence-electron chi connectivity index (χ1n) is 12.3. The van der Waals surface area contributed by atoms with Crippen molar-refractivity contribution >= 4 is 0 Å². The van der Waals surface area contributed by atoms with Gasteiger partial charge in [0.1, 0.15) is 0 Å². The van der Waals surface area contributed by atoms with Crippen molar-refractivity contribution in [3.63, 3.8) is 0 Å². The van der Waals surface area contributed by atoms with Crippen LogP contribution in [-0.4, -0.2) is 4.98 Å². The number of fused-ring (bicyclic) bond motifs is 5. The quantitative estimate of drug-likeness (QED) is 0.478. The SMILES string of the molecule is CC.CC(c1cccnc1)C1CCC2C1CCC1C3CCCCC3=CCC12C. The zero-order chi connectivity index (χ0) is 19.7. The number of hydrogen-bond acceptors (Lipinski definition) is 1. The first-order chi connectivity index (χ1) is 13.7. The van der Waals surface area contributed by atoms with Gasteiger partial charge in [-0.15, -0.1) is 0 Å².